The molecule has 0 aromatic heterocycles. The zero-order chi connectivity index (χ0) is 26.0. The zero-order valence-corrected chi connectivity index (χ0v) is 22.9. The lowest BCUT2D eigenvalue weighted by Crippen LogP contribution is -2.68. The molecule has 5 aliphatic rings. The number of fused-ring (bicyclic) bond motifs is 7. The molecule has 0 bridgehead atoms. The molecule has 0 saturated heterocycles. The Morgan fingerprint density at radius 1 is 0.943 bits per heavy atom. The van der Waals surface area contributed by atoms with Crippen molar-refractivity contribution in [2.75, 3.05) is 0 Å². The number of hydrogen-bond acceptors (Lipinski definition) is 4. The number of carboxylic acids is 1. The molecule has 0 unspecified atom stereocenters. The molecule has 198 valence electrons. The minimum Gasteiger partial charge on any atom is -0.481 e. The first-order valence-corrected chi connectivity index (χ1v) is 14.0. The van der Waals surface area contributed by atoms with Crippen LogP contribution in [0.3, 0.4) is 0 Å². The van der Waals surface area contributed by atoms with Crippen LogP contribution in [-0.4, -0.2) is 44.2 Å². The SMILES string of the molecule is C[C@@H]1CC[C@]2(C(=O)O)CC[C@]3(C)C(=CC[C@@H]4[C@@]5(C)C[C@@H](O)[C@H](O)C(C)(C)[C@H]5CC[C@]43C)[C@@H]2[C@]1(C)O. The molecule has 5 nitrogen and oxygen atoms in total. The van der Waals surface area contributed by atoms with E-state index in [1.807, 2.05) is 6.92 Å². The summed E-state index contributed by atoms with van der Waals surface area (Å²) in [6, 6.07) is 0. The summed E-state index contributed by atoms with van der Waals surface area (Å²) in [7, 11) is 0. The molecule has 35 heavy (non-hydrogen) atoms. The van der Waals surface area contributed by atoms with Crippen molar-refractivity contribution in [3.05, 3.63) is 11.6 Å². The van der Waals surface area contributed by atoms with E-state index < -0.39 is 29.2 Å². The van der Waals surface area contributed by atoms with Gasteiger partial charge < -0.3 is 20.4 Å². The molecule has 0 spiro atoms. The summed E-state index contributed by atoms with van der Waals surface area (Å²) in [6.07, 6.45) is 7.21. The van der Waals surface area contributed by atoms with Crippen LogP contribution >= 0.6 is 0 Å². The van der Waals surface area contributed by atoms with Gasteiger partial charge in [0.1, 0.15) is 0 Å². The average Bonchev–Trinajstić information content (AvgIpc) is 2.75. The molecule has 0 aromatic rings. The van der Waals surface area contributed by atoms with Gasteiger partial charge in [0.05, 0.1) is 23.2 Å². The zero-order valence-electron chi connectivity index (χ0n) is 22.9. The van der Waals surface area contributed by atoms with Gasteiger partial charge in [-0.2, -0.15) is 0 Å². The summed E-state index contributed by atoms with van der Waals surface area (Å²) in [4.78, 5) is 12.8. The minimum absolute atomic E-state index is 0.0535. The Bertz CT molecular complexity index is 952. The van der Waals surface area contributed by atoms with E-state index in [1.54, 1.807) is 0 Å². The first-order chi connectivity index (χ1) is 16.0. The smallest absolute Gasteiger partial charge is 0.310 e. The average molecular weight is 489 g/mol. The molecule has 0 radical (unpaired) electrons. The molecule has 4 N–H and O–H groups in total. The number of aliphatic carboxylic acids is 1. The van der Waals surface area contributed by atoms with Gasteiger partial charge >= 0.3 is 5.97 Å². The van der Waals surface area contributed by atoms with Crippen molar-refractivity contribution >= 4 is 5.97 Å². The highest BCUT2D eigenvalue weighted by atomic mass is 16.4. The summed E-state index contributed by atoms with van der Waals surface area (Å²) in [5.74, 6) is -0.394. The normalized spacial score (nSPS) is 57.1. The van der Waals surface area contributed by atoms with Crippen LogP contribution in [0.1, 0.15) is 99.8 Å². The lowest BCUT2D eigenvalue weighted by molar-refractivity contribution is -0.237. The summed E-state index contributed by atoms with van der Waals surface area (Å²) >= 11 is 0. The molecule has 4 fully saturated rings. The fraction of sp³-hybridized carbons (Fsp3) is 0.900. The molecule has 0 aliphatic heterocycles. The van der Waals surface area contributed by atoms with E-state index in [0.29, 0.717) is 31.1 Å². The van der Waals surface area contributed by atoms with Gasteiger partial charge in [-0.3, -0.25) is 4.79 Å². The maximum absolute atomic E-state index is 12.8. The number of carbonyl (C=O) groups is 1. The van der Waals surface area contributed by atoms with Gasteiger partial charge in [0.15, 0.2) is 0 Å². The Labute approximate surface area is 211 Å². The molecule has 4 saturated carbocycles. The van der Waals surface area contributed by atoms with Gasteiger partial charge in [-0.05, 0) is 97.7 Å². The highest BCUT2D eigenvalue weighted by Crippen LogP contribution is 2.76. The van der Waals surface area contributed by atoms with Gasteiger partial charge in [-0.15, -0.1) is 0 Å². The van der Waals surface area contributed by atoms with Gasteiger partial charge in [0, 0.05) is 5.92 Å². The molecule has 5 rings (SSSR count). The van der Waals surface area contributed by atoms with Crippen LogP contribution in [0.2, 0.25) is 0 Å². The number of carboxylic acid groups (broad SMARTS) is 1. The number of hydrogen-bond donors (Lipinski definition) is 4. The number of rotatable bonds is 1. The fourth-order valence-electron chi connectivity index (χ4n) is 11.0. The van der Waals surface area contributed by atoms with Crippen LogP contribution in [0, 0.1) is 50.7 Å². The van der Waals surface area contributed by atoms with Crippen molar-refractivity contribution in [3.8, 4) is 0 Å². The summed E-state index contributed by atoms with van der Waals surface area (Å²) in [6.45, 7) is 15.3. The second-order valence-electron chi connectivity index (χ2n) is 14.9. The third kappa shape index (κ3) is 2.90. The Hall–Kier alpha value is -0.910. The maximum Gasteiger partial charge on any atom is 0.310 e. The van der Waals surface area contributed by atoms with Crippen LogP contribution in [0.25, 0.3) is 0 Å². The summed E-state index contributed by atoms with van der Waals surface area (Å²) < 4.78 is 0. The number of allylic oxidation sites excluding steroid dienone is 1. The van der Waals surface area contributed by atoms with Crippen LogP contribution < -0.4 is 0 Å². The van der Waals surface area contributed by atoms with E-state index in [9.17, 15) is 25.2 Å². The van der Waals surface area contributed by atoms with Crippen molar-refractivity contribution in [2.24, 2.45) is 50.7 Å². The van der Waals surface area contributed by atoms with Gasteiger partial charge in [0.25, 0.3) is 0 Å². The van der Waals surface area contributed by atoms with Crippen molar-refractivity contribution < 1.29 is 25.2 Å². The quantitative estimate of drug-likeness (QED) is 0.382. The highest BCUT2D eigenvalue weighted by Gasteiger charge is 2.71. The molecule has 5 aliphatic carbocycles. The van der Waals surface area contributed by atoms with Crippen LogP contribution in [0.4, 0.5) is 0 Å². The van der Waals surface area contributed by atoms with E-state index in [2.05, 4.69) is 47.6 Å². The van der Waals surface area contributed by atoms with Gasteiger partial charge in [0.2, 0.25) is 0 Å². The monoisotopic (exact) mass is 488 g/mol. The number of aliphatic hydroxyl groups excluding tert-OH is 2. The fourth-order valence-corrected chi connectivity index (χ4v) is 11.0. The Morgan fingerprint density at radius 3 is 2.23 bits per heavy atom. The van der Waals surface area contributed by atoms with E-state index >= 15 is 0 Å². The number of aliphatic hydroxyl groups is 3. The van der Waals surface area contributed by atoms with Crippen molar-refractivity contribution in [3.63, 3.8) is 0 Å². The van der Waals surface area contributed by atoms with E-state index in [4.69, 9.17) is 0 Å². The molecule has 0 aromatic carbocycles. The third-order valence-electron chi connectivity index (χ3n) is 13.4. The minimum atomic E-state index is -1.05. The first kappa shape index (κ1) is 25.7. The molecular formula is C30H48O5. The Morgan fingerprint density at radius 2 is 1.60 bits per heavy atom. The van der Waals surface area contributed by atoms with E-state index in [1.165, 1.54) is 5.57 Å². The summed E-state index contributed by atoms with van der Waals surface area (Å²) in [5, 5.41) is 44.3. The molecule has 0 heterocycles. The largest absolute Gasteiger partial charge is 0.481 e. The second kappa shape index (κ2) is 7.35. The molecular weight excluding hydrogens is 440 g/mol. The summed E-state index contributed by atoms with van der Waals surface area (Å²) in [5.41, 5.74) is -1.46. The molecule has 5 heteroatoms. The van der Waals surface area contributed by atoms with Crippen molar-refractivity contribution in [1.29, 1.82) is 0 Å². The van der Waals surface area contributed by atoms with Gasteiger partial charge in [-0.25, -0.2) is 0 Å². The standard InChI is InChI=1S/C30H48O5/c1-17-10-13-30(24(33)34)15-14-27(5)18(22(30)29(17,7)35)8-9-21-26(4)16-19(31)23(32)25(2,3)20(26)11-12-28(21,27)6/h8,17,19-23,31-32,35H,9-16H2,1-7H3,(H,33,34)/t17-,19-,20-,21-,22-,23+,26+,27-,28-,29-,30+/m1/s1. The Balaban J connectivity index is 1.65. The predicted molar refractivity (Wildman–Crippen MR) is 135 cm³/mol. The Kier molecular flexibility index (Phi) is 5.40. The van der Waals surface area contributed by atoms with Gasteiger partial charge in [-0.1, -0.05) is 53.2 Å². The van der Waals surface area contributed by atoms with Crippen molar-refractivity contribution in [2.45, 2.75) is 118 Å². The lowest BCUT2D eigenvalue weighted by atomic mass is 9.33. The first-order valence-electron chi connectivity index (χ1n) is 14.0. The van der Waals surface area contributed by atoms with E-state index in [0.717, 1.165) is 32.1 Å². The van der Waals surface area contributed by atoms with Crippen LogP contribution in [0.15, 0.2) is 11.6 Å². The topological polar surface area (TPSA) is 98.0 Å². The predicted octanol–water partition coefficient (Wildman–Crippen LogP) is 5.18. The van der Waals surface area contributed by atoms with Crippen LogP contribution in [0.5, 0.6) is 0 Å². The maximum atomic E-state index is 12.8. The van der Waals surface area contributed by atoms with Crippen LogP contribution in [-0.2, 0) is 4.79 Å². The highest BCUT2D eigenvalue weighted by molar-refractivity contribution is 5.77. The van der Waals surface area contributed by atoms with E-state index in [-0.39, 0.29) is 33.5 Å². The lowest BCUT2D eigenvalue weighted by Gasteiger charge is -2.72. The molecule has 11 atom stereocenters. The molecule has 0 amide bonds. The second-order valence-corrected chi connectivity index (χ2v) is 14.9. The van der Waals surface area contributed by atoms with Crippen molar-refractivity contribution in [1.82, 2.24) is 0 Å². The third-order valence-corrected chi connectivity index (χ3v) is 13.4.